The summed E-state index contributed by atoms with van der Waals surface area (Å²) in [7, 11) is 1.63. The Morgan fingerprint density at radius 3 is 2.64 bits per heavy atom. The van der Waals surface area contributed by atoms with Crippen molar-refractivity contribution in [3.63, 3.8) is 0 Å². The fraction of sp³-hybridized carbons (Fsp3) is 0.350. The van der Waals surface area contributed by atoms with E-state index in [-0.39, 0.29) is 30.8 Å². The van der Waals surface area contributed by atoms with E-state index < -0.39 is 0 Å². The van der Waals surface area contributed by atoms with E-state index >= 15 is 0 Å². The van der Waals surface area contributed by atoms with E-state index in [1.54, 1.807) is 7.11 Å². The molecule has 2 N–H and O–H groups in total. The predicted octanol–water partition coefficient (Wildman–Crippen LogP) is 4.02. The minimum atomic E-state index is 0. The first kappa shape index (κ1) is 21.9. The molecule has 0 saturated carbocycles. The Hall–Kier alpha value is -2.36. The average Bonchev–Trinajstić information content (AvgIpc) is 3.15. The first-order valence-electron chi connectivity index (χ1n) is 8.98. The largest absolute Gasteiger partial charge is 0.493 e. The van der Waals surface area contributed by atoms with Gasteiger partial charge in [-0.05, 0) is 43.7 Å². The van der Waals surface area contributed by atoms with E-state index in [9.17, 15) is 0 Å². The van der Waals surface area contributed by atoms with Crippen LogP contribution in [0.1, 0.15) is 19.4 Å². The van der Waals surface area contributed by atoms with Crippen LogP contribution in [0.25, 0.3) is 0 Å². The third-order valence-corrected chi connectivity index (χ3v) is 3.93. The molecule has 0 atom stereocenters. The monoisotopic (exact) mass is 499 g/mol. The van der Waals surface area contributed by atoms with Gasteiger partial charge in [-0.15, -0.1) is 24.0 Å². The Labute approximate surface area is 182 Å². The molecule has 0 aliphatic carbocycles. The van der Waals surface area contributed by atoms with Crippen molar-refractivity contribution in [1.29, 1.82) is 0 Å². The van der Waals surface area contributed by atoms with Crippen molar-refractivity contribution < 1.29 is 18.9 Å². The maximum Gasteiger partial charge on any atom is 0.231 e. The van der Waals surface area contributed by atoms with Gasteiger partial charge in [-0.3, -0.25) is 0 Å². The number of halogens is 1. The number of guanidine groups is 1. The summed E-state index contributed by atoms with van der Waals surface area (Å²) in [5, 5.41) is 6.54. The summed E-state index contributed by atoms with van der Waals surface area (Å²) < 4.78 is 21.7. The fourth-order valence-corrected chi connectivity index (χ4v) is 2.67. The Bertz CT molecular complexity index is 814. The van der Waals surface area contributed by atoms with Crippen LogP contribution in [0, 0.1) is 0 Å². The molecular weight excluding hydrogens is 473 g/mol. The number of hydrogen-bond acceptors (Lipinski definition) is 5. The number of aliphatic imine (C=N–C) groups is 1. The first-order chi connectivity index (χ1) is 13.2. The molecular formula is C20H26IN3O4. The number of anilines is 1. The highest BCUT2D eigenvalue weighted by atomic mass is 127. The van der Waals surface area contributed by atoms with Gasteiger partial charge in [0, 0.05) is 18.3 Å². The maximum atomic E-state index is 5.56. The normalized spacial score (nSPS) is 12.2. The van der Waals surface area contributed by atoms with Gasteiger partial charge in [0.05, 0.1) is 20.3 Å². The van der Waals surface area contributed by atoms with Crippen molar-refractivity contribution in [3.05, 3.63) is 42.0 Å². The molecule has 0 bridgehead atoms. The van der Waals surface area contributed by atoms with E-state index in [4.69, 9.17) is 18.9 Å². The van der Waals surface area contributed by atoms with Gasteiger partial charge in [-0.2, -0.15) is 0 Å². The lowest BCUT2D eigenvalue weighted by atomic mass is 10.2. The molecule has 0 unspecified atom stereocenters. The van der Waals surface area contributed by atoms with Gasteiger partial charge in [0.2, 0.25) is 6.79 Å². The van der Waals surface area contributed by atoms with E-state index in [0.717, 1.165) is 29.3 Å². The highest BCUT2D eigenvalue weighted by molar-refractivity contribution is 14.0. The number of nitrogens with zero attached hydrogens (tertiary/aromatic N) is 1. The van der Waals surface area contributed by atoms with Gasteiger partial charge in [0.25, 0.3) is 0 Å². The average molecular weight is 499 g/mol. The van der Waals surface area contributed by atoms with Gasteiger partial charge < -0.3 is 29.6 Å². The molecule has 0 fully saturated rings. The number of methoxy groups -OCH3 is 1. The molecule has 2 aromatic carbocycles. The quantitative estimate of drug-likeness (QED) is 0.341. The molecule has 1 aliphatic heterocycles. The standard InChI is InChI=1S/C20H25N3O4.HI/c1-4-21-20(22-12-14-6-8-17-19(10-14)27-13-26-17)23-15-7-9-16(25-5-2)18(11-15)24-3;/h6-11H,4-5,12-13H2,1-3H3,(H2,21,22,23);1H. The van der Waals surface area contributed by atoms with Crippen molar-refractivity contribution >= 4 is 35.6 Å². The van der Waals surface area contributed by atoms with Crippen LogP contribution in [-0.4, -0.2) is 33.0 Å². The van der Waals surface area contributed by atoms with Crippen LogP contribution in [0.5, 0.6) is 23.0 Å². The summed E-state index contributed by atoms with van der Waals surface area (Å²) in [4.78, 5) is 4.64. The number of hydrogen-bond donors (Lipinski definition) is 2. The number of rotatable bonds is 7. The third-order valence-electron chi connectivity index (χ3n) is 3.93. The summed E-state index contributed by atoms with van der Waals surface area (Å²) >= 11 is 0. The molecule has 1 heterocycles. The molecule has 0 aromatic heterocycles. The Morgan fingerprint density at radius 1 is 1.07 bits per heavy atom. The Kier molecular flexibility index (Phi) is 8.49. The molecule has 3 rings (SSSR count). The number of fused-ring (bicyclic) bond motifs is 1. The molecule has 8 heteroatoms. The second-order valence-corrected chi connectivity index (χ2v) is 5.81. The van der Waals surface area contributed by atoms with E-state index in [0.29, 0.717) is 30.6 Å². The van der Waals surface area contributed by atoms with Gasteiger partial charge >= 0.3 is 0 Å². The molecule has 2 aromatic rings. The zero-order valence-corrected chi connectivity index (χ0v) is 18.6. The predicted molar refractivity (Wildman–Crippen MR) is 121 cm³/mol. The van der Waals surface area contributed by atoms with Crippen LogP contribution < -0.4 is 29.6 Å². The van der Waals surface area contributed by atoms with Crippen molar-refractivity contribution in [1.82, 2.24) is 5.32 Å². The number of ether oxygens (including phenoxy) is 4. The smallest absolute Gasteiger partial charge is 0.231 e. The Morgan fingerprint density at radius 2 is 1.89 bits per heavy atom. The van der Waals surface area contributed by atoms with Crippen molar-refractivity contribution in [2.24, 2.45) is 4.99 Å². The van der Waals surface area contributed by atoms with Gasteiger partial charge in [0.1, 0.15) is 0 Å². The maximum absolute atomic E-state index is 5.56. The van der Waals surface area contributed by atoms with E-state index in [2.05, 4.69) is 15.6 Å². The molecule has 0 radical (unpaired) electrons. The summed E-state index contributed by atoms with van der Waals surface area (Å²) in [5.74, 6) is 3.61. The highest BCUT2D eigenvalue weighted by Crippen LogP contribution is 2.33. The van der Waals surface area contributed by atoms with E-state index in [1.807, 2.05) is 50.2 Å². The van der Waals surface area contributed by atoms with Gasteiger partial charge in [0.15, 0.2) is 29.0 Å². The van der Waals surface area contributed by atoms with Gasteiger partial charge in [-0.1, -0.05) is 6.07 Å². The molecule has 152 valence electrons. The molecule has 28 heavy (non-hydrogen) atoms. The van der Waals surface area contributed by atoms with Crippen LogP contribution in [-0.2, 0) is 6.54 Å². The lowest BCUT2D eigenvalue weighted by Crippen LogP contribution is -2.30. The van der Waals surface area contributed by atoms with Crippen LogP contribution in [0.15, 0.2) is 41.4 Å². The minimum absolute atomic E-state index is 0. The SMILES string of the molecule is CCNC(=NCc1ccc2c(c1)OCO2)Nc1ccc(OCC)c(OC)c1.I. The highest BCUT2D eigenvalue weighted by Gasteiger charge is 2.13. The van der Waals surface area contributed by atoms with Crippen molar-refractivity contribution in [2.45, 2.75) is 20.4 Å². The van der Waals surface area contributed by atoms with Crippen LogP contribution in [0.4, 0.5) is 5.69 Å². The summed E-state index contributed by atoms with van der Waals surface area (Å²) in [6.45, 7) is 6.09. The topological polar surface area (TPSA) is 73.3 Å². The molecule has 0 spiro atoms. The number of benzene rings is 2. The molecule has 7 nitrogen and oxygen atoms in total. The molecule has 1 aliphatic rings. The lowest BCUT2D eigenvalue weighted by Gasteiger charge is -2.14. The first-order valence-corrected chi connectivity index (χ1v) is 8.98. The zero-order valence-electron chi connectivity index (χ0n) is 16.3. The summed E-state index contributed by atoms with van der Waals surface area (Å²) in [6.07, 6.45) is 0. The minimum Gasteiger partial charge on any atom is -0.493 e. The summed E-state index contributed by atoms with van der Waals surface area (Å²) in [6, 6.07) is 11.5. The van der Waals surface area contributed by atoms with Crippen LogP contribution in [0.3, 0.4) is 0 Å². The zero-order chi connectivity index (χ0) is 19.1. The second-order valence-electron chi connectivity index (χ2n) is 5.81. The van der Waals surface area contributed by atoms with Crippen LogP contribution in [0.2, 0.25) is 0 Å². The Balaban J connectivity index is 0.00000280. The molecule has 0 saturated heterocycles. The van der Waals surface area contributed by atoms with Crippen molar-refractivity contribution in [2.75, 3.05) is 32.4 Å². The van der Waals surface area contributed by atoms with Crippen LogP contribution >= 0.6 is 24.0 Å². The van der Waals surface area contributed by atoms with E-state index in [1.165, 1.54) is 0 Å². The third kappa shape index (κ3) is 5.57. The second kappa shape index (κ2) is 10.8. The summed E-state index contributed by atoms with van der Waals surface area (Å²) in [5.41, 5.74) is 1.90. The van der Waals surface area contributed by atoms with Crippen molar-refractivity contribution in [3.8, 4) is 23.0 Å². The fourth-order valence-electron chi connectivity index (χ4n) is 2.67. The molecule has 0 amide bonds. The lowest BCUT2D eigenvalue weighted by molar-refractivity contribution is 0.174. The number of nitrogens with one attached hydrogen (secondary N) is 2. The van der Waals surface area contributed by atoms with Gasteiger partial charge in [-0.25, -0.2) is 4.99 Å².